The number of aromatic nitrogens is 1. The van der Waals surface area contributed by atoms with E-state index in [1.54, 1.807) is 12.1 Å². The zero-order valence-corrected chi connectivity index (χ0v) is 14.0. The van der Waals surface area contributed by atoms with E-state index in [4.69, 9.17) is 9.15 Å². The molecule has 1 aliphatic heterocycles. The van der Waals surface area contributed by atoms with Crippen molar-refractivity contribution in [3.05, 3.63) is 64.0 Å². The second kappa shape index (κ2) is 6.97. The van der Waals surface area contributed by atoms with Crippen LogP contribution in [0.5, 0.6) is 0 Å². The first-order valence-electron chi connectivity index (χ1n) is 8.35. The van der Waals surface area contributed by atoms with Gasteiger partial charge in [-0.25, -0.2) is 4.98 Å². The van der Waals surface area contributed by atoms with Gasteiger partial charge in [0.2, 0.25) is 5.89 Å². The summed E-state index contributed by atoms with van der Waals surface area (Å²) in [4.78, 5) is 17.0. The minimum absolute atomic E-state index is 0.0000288. The number of benzene rings is 2. The summed E-state index contributed by atoms with van der Waals surface area (Å²) in [6, 6.07) is 12.6. The Balaban J connectivity index is 1.50. The molecule has 4 rings (SSSR count). The zero-order chi connectivity index (χ0) is 17.9. The lowest BCUT2D eigenvalue weighted by atomic mass is 10.1. The molecule has 7 heteroatoms. The predicted octanol–water partition coefficient (Wildman–Crippen LogP) is 3.74. The van der Waals surface area contributed by atoms with Crippen molar-refractivity contribution in [1.29, 1.82) is 0 Å². The molecule has 2 heterocycles. The molecule has 1 aliphatic rings. The number of nitro benzene ring substituents is 1. The third-order valence-electron chi connectivity index (χ3n) is 4.29. The smallest absolute Gasteiger partial charge is 0.271 e. The molecule has 0 spiro atoms. The summed E-state index contributed by atoms with van der Waals surface area (Å²) in [5.41, 5.74) is 3.20. The fraction of sp³-hybridized carbons (Fsp3) is 0.211. The number of non-ortho nitro benzene ring substituents is 1. The van der Waals surface area contributed by atoms with E-state index in [0.717, 1.165) is 31.9 Å². The van der Waals surface area contributed by atoms with Gasteiger partial charge in [0.15, 0.2) is 5.58 Å². The van der Waals surface area contributed by atoms with E-state index >= 15 is 0 Å². The van der Waals surface area contributed by atoms with Crippen LogP contribution in [0.3, 0.4) is 0 Å². The van der Waals surface area contributed by atoms with Gasteiger partial charge in [-0.05, 0) is 29.8 Å². The summed E-state index contributed by atoms with van der Waals surface area (Å²) >= 11 is 0. The Morgan fingerprint density at radius 3 is 2.58 bits per heavy atom. The Hall–Kier alpha value is -3.19. The summed E-state index contributed by atoms with van der Waals surface area (Å²) in [6.07, 6.45) is 3.66. The van der Waals surface area contributed by atoms with E-state index in [9.17, 15) is 10.1 Å². The Morgan fingerprint density at radius 1 is 1.08 bits per heavy atom. The van der Waals surface area contributed by atoms with Crippen LogP contribution in [0.2, 0.25) is 0 Å². The van der Waals surface area contributed by atoms with Crippen LogP contribution in [-0.4, -0.2) is 36.2 Å². The van der Waals surface area contributed by atoms with Gasteiger partial charge in [0.05, 0.1) is 18.1 Å². The zero-order valence-electron chi connectivity index (χ0n) is 14.0. The molecule has 0 atom stereocenters. The van der Waals surface area contributed by atoms with Crippen molar-refractivity contribution >= 4 is 34.6 Å². The molecule has 0 saturated carbocycles. The van der Waals surface area contributed by atoms with Crippen molar-refractivity contribution in [3.63, 3.8) is 0 Å². The van der Waals surface area contributed by atoms with Crippen LogP contribution in [0.25, 0.3) is 23.3 Å². The van der Waals surface area contributed by atoms with Gasteiger partial charge in [0.25, 0.3) is 5.69 Å². The molecule has 0 N–H and O–H groups in total. The highest BCUT2D eigenvalue weighted by Crippen LogP contribution is 2.23. The first kappa shape index (κ1) is 16.3. The van der Waals surface area contributed by atoms with Gasteiger partial charge >= 0.3 is 0 Å². The standard InChI is InChI=1S/C19H17N3O4/c23-22(24)16-6-7-18-17(13-16)20-19(26-18)8-3-14-1-4-15(5-2-14)21-9-11-25-12-10-21/h1-8,13H,9-12H2/b8-3+. The molecule has 2 aromatic carbocycles. The SMILES string of the molecule is O=[N+]([O-])c1ccc2oc(/C=C/c3ccc(N4CCOCC4)cc3)nc2c1. The largest absolute Gasteiger partial charge is 0.437 e. The molecule has 0 amide bonds. The maximum absolute atomic E-state index is 10.8. The number of hydrogen-bond acceptors (Lipinski definition) is 6. The number of fused-ring (bicyclic) bond motifs is 1. The molecule has 3 aromatic rings. The maximum Gasteiger partial charge on any atom is 0.271 e. The van der Waals surface area contributed by atoms with Crippen molar-refractivity contribution in [2.24, 2.45) is 0 Å². The minimum atomic E-state index is -0.445. The molecule has 1 saturated heterocycles. The van der Waals surface area contributed by atoms with E-state index in [2.05, 4.69) is 22.0 Å². The number of morpholine rings is 1. The number of anilines is 1. The van der Waals surface area contributed by atoms with Crippen molar-refractivity contribution in [2.45, 2.75) is 0 Å². The average molecular weight is 351 g/mol. The van der Waals surface area contributed by atoms with Gasteiger partial charge in [0.1, 0.15) is 5.52 Å². The normalized spacial score (nSPS) is 15.0. The summed E-state index contributed by atoms with van der Waals surface area (Å²) in [7, 11) is 0. The Bertz CT molecular complexity index is 957. The fourth-order valence-electron chi connectivity index (χ4n) is 2.90. The molecule has 132 valence electrons. The molecule has 0 unspecified atom stereocenters. The first-order chi connectivity index (χ1) is 12.7. The van der Waals surface area contributed by atoms with Gasteiger partial charge in [-0.3, -0.25) is 10.1 Å². The Kier molecular flexibility index (Phi) is 4.37. The lowest BCUT2D eigenvalue weighted by molar-refractivity contribution is -0.384. The van der Waals surface area contributed by atoms with Crippen LogP contribution >= 0.6 is 0 Å². The molecule has 1 aromatic heterocycles. The van der Waals surface area contributed by atoms with Crippen LogP contribution in [0, 0.1) is 10.1 Å². The van der Waals surface area contributed by atoms with Crippen LogP contribution in [0.4, 0.5) is 11.4 Å². The van der Waals surface area contributed by atoms with Gasteiger partial charge in [-0.15, -0.1) is 0 Å². The van der Waals surface area contributed by atoms with Crippen molar-refractivity contribution in [1.82, 2.24) is 4.98 Å². The highest BCUT2D eigenvalue weighted by molar-refractivity contribution is 5.78. The van der Waals surface area contributed by atoms with Gasteiger partial charge in [-0.2, -0.15) is 0 Å². The van der Waals surface area contributed by atoms with E-state index in [1.807, 2.05) is 18.2 Å². The summed E-state index contributed by atoms with van der Waals surface area (Å²) in [6.45, 7) is 3.34. The van der Waals surface area contributed by atoms with E-state index in [-0.39, 0.29) is 5.69 Å². The van der Waals surface area contributed by atoms with Crippen LogP contribution < -0.4 is 4.90 Å². The molecule has 1 fully saturated rings. The number of rotatable bonds is 4. The lowest BCUT2D eigenvalue weighted by Gasteiger charge is -2.28. The monoisotopic (exact) mass is 351 g/mol. The number of ether oxygens (including phenoxy) is 1. The van der Waals surface area contributed by atoms with Crippen molar-refractivity contribution < 1.29 is 14.1 Å². The molecule has 0 aliphatic carbocycles. The summed E-state index contributed by atoms with van der Waals surface area (Å²) in [5, 5.41) is 10.8. The number of nitro groups is 1. The molecule has 0 bridgehead atoms. The lowest BCUT2D eigenvalue weighted by Crippen LogP contribution is -2.36. The predicted molar refractivity (Wildman–Crippen MR) is 99.1 cm³/mol. The third kappa shape index (κ3) is 3.43. The molecule has 7 nitrogen and oxygen atoms in total. The van der Waals surface area contributed by atoms with Crippen molar-refractivity contribution in [3.8, 4) is 0 Å². The van der Waals surface area contributed by atoms with Crippen LogP contribution in [0.1, 0.15) is 11.5 Å². The Labute approximate surface area is 149 Å². The number of nitrogens with zero attached hydrogens (tertiary/aromatic N) is 3. The Morgan fingerprint density at radius 2 is 1.85 bits per heavy atom. The summed E-state index contributed by atoms with van der Waals surface area (Å²) < 4.78 is 11.0. The topological polar surface area (TPSA) is 81.6 Å². The molecule has 0 radical (unpaired) electrons. The van der Waals surface area contributed by atoms with E-state index in [1.165, 1.54) is 17.8 Å². The molecule has 26 heavy (non-hydrogen) atoms. The highest BCUT2D eigenvalue weighted by Gasteiger charge is 2.11. The van der Waals surface area contributed by atoms with E-state index < -0.39 is 4.92 Å². The third-order valence-corrected chi connectivity index (χ3v) is 4.29. The van der Waals surface area contributed by atoms with Gasteiger partial charge in [-0.1, -0.05) is 12.1 Å². The molecular formula is C19H17N3O4. The quantitative estimate of drug-likeness (QED) is 0.526. The highest BCUT2D eigenvalue weighted by atomic mass is 16.6. The fourth-order valence-corrected chi connectivity index (χ4v) is 2.90. The number of hydrogen-bond donors (Lipinski definition) is 0. The van der Waals surface area contributed by atoms with Crippen LogP contribution in [0.15, 0.2) is 46.9 Å². The minimum Gasteiger partial charge on any atom is -0.437 e. The van der Waals surface area contributed by atoms with Crippen molar-refractivity contribution in [2.75, 3.05) is 31.2 Å². The number of oxazole rings is 1. The first-order valence-corrected chi connectivity index (χ1v) is 8.35. The van der Waals surface area contributed by atoms with Gasteiger partial charge in [0, 0.05) is 37.0 Å². The van der Waals surface area contributed by atoms with Gasteiger partial charge < -0.3 is 14.1 Å². The average Bonchev–Trinajstić information content (AvgIpc) is 3.09. The molecular weight excluding hydrogens is 334 g/mol. The second-order valence-corrected chi connectivity index (χ2v) is 5.99. The van der Waals surface area contributed by atoms with E-state index in [0.29, 0.717) is 17.0 Å². The maximum atomic E-state index is 10.8. The second-order valence-electron chi connectivity index (χ2n) is 5.99. The summed E-state index contributed by atoms with van der Waals surface area (Å²) in [5.74, 6) is 0.415. The van der Waals surface area contributed by atoms with Crippen LogP contribution in [-0.2, 0) is 4.74 Å².